The summed E-state index contributed by atoms with van der Waals surface area (Å²) in [6.07, 6.45) is 2.03. The summed E-state index contributed by atoms with van der Waals surface area (Å²) < 4.78 is 15.8. The Morgan fingerprint density at radius 1 is 1.04 bits per heavy atom. The lowest BCUT2D eigenvalue weighted by molar-refractivity contribution is 0.0976. The maximum Gasteiger partial charge on any atom is 0.257 e. The molecule has 2 aromatic rings. The zero-order valence-corrected chi connectivity index (χ0v) is 17.3. The third-order valence-corrected chi connectivity index (χ3v) is 4.76. The quantitative estimate of drug-likeness (QED) is 0.540. The van der Waals surface area contributed by atoms with E-state index in [0.29, 0.717) is 29.4 Å². The Morgan fingerprint density at radius 2 is 1.63 bits per heavy atom. The van der Waals surface area contributed by atoms with Gasteiger partial charge in [0.05, 0.1) is 21.3 Å². The molecule has 0 saturated carbocycles. The molecule has 0 atom stereocenters. The minimum Gasteiger partial charge on any atom is -0.493 e. The van der Waals surface area contributed by atoms with Crippen LogP contribution in [0.25, 0.3) is 0 Å². The molecule has 0 unspecified atom stereocenters. The van der Waals surface area contributed by atoms with E-state index in [0.717, 1.165) is 5.56 Å². The van der Waals surface area contributed by atoms with Gasteiger partial charge in [0.2, 0.25) is 5.75 Å². The molecule has 0 aliphatic rings. The highest BCUT2D eigenvalue weighted by molar-refractivity contribution is 7.98. The number of benzene rings is 2. The van der Waals surface area contributed by atoms with Crippen LogP contribution in [0.3, 0.4) is 0 Å². The lowest BCUT2D eigenvalue weighted by Gasteiger charge is -2.14. The van der Waals surface area contributed by atoms with E-state index in [1.54, 1.807) is 23.9 Å². The first-order chi connectivity index (χ1) is 13.0. The average Bonchev–Trinajstić information content (AvgIpc) is 2.71. The van der Waals surface area contributed by atoms with Crippen molar-refractivity contribution in [2.45, 2.75) is 11.4 Å². The summed E-state index contributed by atoms with van der Waals surface area (Å²) in [4.78, 5) is 13.7. The molecule has 1 amide bonds. The van der Waals surface area contributed by atoms with Gasteiger partial charge in [-0.05, 0) is 48.3 Å². The van der Waals surface area contributed by atoms with Crippen molar-refractivity contribution in [3.8, 4) is 17.2 Å². The maximum atomic E-state index is 12.5. The van der Waals surface area contributed by atoms with Gasteiger partial charge in [0.15, 0.2) is 16.6 Å². The smallest absolute Gasteiger partial charge is 0.257 e. The van der Waals surface area contributed by atoms with Crippen molar-refractivity contribution in [1.82, 2.24) is 10.6 Å². The summed E-state index contributed by atoms with van der Waals surface area (Å²) in [6.45, 7) is 0.517. The molecule has 144 valence electrons. The summed E-state index contributed by atoms with van der Waals surface area (Å²) in [5, 5.41) is 5.92. The van der Waals surface area contributed by atoms with Crippen molar-refractivity contribution in [3.05, 3.63) is 47.5 Å². The fraction of sp³-hybridized carbons (Fsp3) is 0.263. The molecule has 0 radical (unpaired) electrons. The van der Waals surface area contributed by atoms with Crippen LogP contribution in [-0.4, -0.2) is 38.6 Å². The number of carbonyl (C=O) groups excluding carboxylic acids is 1. The van der Waals surface area contributed by atoms with E-state index in [-0.39, 0.29) is 11.0 Å². The van der Waals surface area contributed by atoms with Crippen LogP contribution in [-0.2, 0) is 6.54 Å². The minimum absolute atomic E-state index is 0.239. The van der Waals surface area contributed by atoms with E-state index in [9.17, 15) is 4.79 Å². The first-order valence-corrected chi connectivity index (χ1v) is 9.67. The number of hydrogen-bond donors (Lipinski definition) is 2. The Bertz CT molecular complexity index is 785. The van der Waals surface area contributed by atoms with Crippen LogP contribution in [0, 0.1) is 0 Å². The average molecular weight is 407 g/mol. The van der Waals surface area contributed by atoms with Gasteiger partial charge in [-0.15, -0.1) is 11.8 Å². The van der Waals surface area contributed by atoms with Gasteiger partial charge >= 0.3 is 0 Å². The first-order valence-electron chi connectivity index (χ1n) is 8.04. The second kappa shape index (κ2) is 10.0. The summed E-state index contributed by atoms with van der Waals surface area (Å²) in [6, 6.07) is 11.3. The van der Waals surface area contributed by atoms with Gasteiger partial charge in [0.25, 0.3) is 5.91 Å². The van der Waals surface area contributed by atoms with Crippen LogP contribution >= 0.6 is 24.0 Å². The zero-order chi connectivity index (χ0) is 19.8. The number of carbonyl (C=O) groups is 1. The topological polar surface area (TPSA) is 68.8 Å². The van der Waals surface area contributed by atoms with Crippen molar-refractivity contribution in [2.75, 3.05) is 27.6 Å². The molecule has 0 fully saturated rings. The van der Waals surface area contributed by atoms with Crippen LogP contribution in [0.15, 0.2) is 41.3 Å². The predicted molar refractivity (Wildman–Crippen MR) is 111 cm³/mol. The lowest BCUT2D eigenvalue weighted by Crippen LogP contribution is -2.38. The molecule has 2 rings (SSSR count). The van der Waals surface area contributed by atoms with Gasteiger partial charge in [0.1, 0.15) is 0 Å². The monoisotopic (exact) mass is 406 g/mol. The lowest BCUT2D eigenvalue weighted by atomic mass is 10.1. The Morgan fingerprint density at radius 3 is 2.11 bits per heavy atom. The molecule has 0 aliphatic heterocycles. The van der Waals surface area contributed by atoms with Crippen molar-refractivity contribution >= 4 is 35.0 Å². The van der Waals surface area contributed by atoms with E-state index in [1.807, 2.05) is 30.5 Å². The number of thiocarbonyl (C=S) groups is 1. The summed E-state index contributed by atoms with van der Waals surface area (Å²) in [5.41, 5.74) is 1.41. The van der Waals surface area contributed by atoms with Gasteiger partial charge in [-0.1, -0.05) is 12.1 Å². The van der Waals surface area contributed by atoms with E-state index < -0.39 is 0 Å². The van der Waals surface area contributed by atoms with E-state index in [2.05, 4.69) is 10.6 Å². The van der Waals surface area contributed by atoms with Crippen molar-refractivity contribution < 1.29 is 19.0 Å². The highest BCUT2D eigenvalue weighted by Gasteiger charge is 2.17. The third kappa shape index (κ3) is 5.51. The van der Waals surface area contributed by atoms with Crippen LogP contribution in [0.2, 0.25) is 0 Å². The van der Waals surface area contributed by atoms with E-state index >= 15 is 0 Å². The molecule has 0 spiro atoms. The fourth-order valence-electron chi connectivity index (χ4n) is 2.36. The SMILES string of the molecule is COc1cc(C(=O)NC(=S)NCc2ccc(SC)cc2)cc(OC)c1OC. The summed E-state index contributed by atoms with van der Waals surface area (Å²) >= 11 is 6.90. The van der Waals surface area contributed by atoms with Crippen LogP contribution < -0.4 is 24.8 Å². The van der Waals surface area contributed by atoms with Gasteiger partial charge in [-0.25, -0.2) is 0 Å². The number of methoxy groups -OCH3 is 3. The summed E-state index contributed by atoms with van der Waals surface area (Å²) in [5.74, 6) is 0.847. The highest BCUT2D eigenvalue weighted by atomic mass is 32.2. The molecule has 8 heteroatoms. The van der Waals surface area contributed by atoms with Crippen LogP contribution in [0.1, 0.15) is 15.9 Å². The molecule has 0 aromatic heterocycles. The predicted octanol–water partition coefficient (Wildman–Crippen LogP) is 3.24. The van der Waals surface area contributed by atoms with Crippen molar-refractivity contribution in [2.24, 2.45) is 0 Å². The summed E-state index contributed by atoms with van der Waals surface area (Å²) in [7, 11) is 4.49. The molecular formula is C19H22N2O4S2. The molecule has 2 N–H and O–H groups in total. The Labute approximate surface area is 168 Å². The van der Waals surface area contributed by atoms with Crippen LogP contribution in [0.5, 0.6) is 17.2 Å². The molecule has 0 bridgehead atoms. The molecule has 2 aromatic carbocycles. The number of ether oxygens (including phenoxy) is 3. The normalized spacial score (nSPS) is 10.1. The third-order valence-electron chi connectivity index (χ3n) is 3.77. The number of nitrogens with one attached hydrogen (secondary N) is 2. The van der Waals surface area contributed by atoms with Crippen molar-refractivity contribution in [3.63, 3.8) is 0 Å². The van der Waals surface area contributed by atoms with Crippen LogP contribution in [0.4, 0.5) is 0 Å². The first kappa shape index (κ1) is 20.9. The Kier molecular flexibility index (Phi) is 7.75. The van der Waals surface area contributed by atoms with Gasteiger partial charge in [0, 0.05) is 17.0 Å². The molecule has 6 nitrogen and oxygen atoms in total. The van der Waals surface area contributed by atoms with E-state index in [1.165, 1.54) is 26.2 Å². The molecule has 27 heavy (non-hydrogen) atoms. The van der Waals surface area contributed by atoms with Gasteiger partial charge in [-0.3, -0.25) is 10.1 Å². The minimum atomic E-state index is -0.371. The molecule has 0 aliphatic carbocycles. The largest absolute Gasteiger partial charge is 0.493 e. The zero-order valence-electron chi connectivity index (χ0n) is 15.6. The van der Waals surface area contributed by atoms with Crippen molar-refractivity contribution in [1.29, 1.82) is 0 Å². The highest BCUT2D eigenvalue weighted by Crippen LogP contribution is 2.38. The molecule has 0 heterocycles. The Hall–Kier alpha value is -2.45. The maximum absolute atomic E-state index is 12.5. The molecular weight excluding hydrogens is 384 g/mol. The van der Waals surface area contributed by atoms with Gasteiger partial charge in [-0.2, -0.15) is 0 Å². The number of rotatable bonds is 7. The number of amides is 1. The second-order valence-electron chi connectivity index (χ2n) is 5.40. The van der Waals surface area contributed by atoms with Gasteiger partial charge < -0.3 is 19.5 Å². The second-order valence-corrected chi connectivity index (χ2v) is 6.69. The fourth-order valence-corrected chi connectivity index (χ4v) is 2.93. The standard InChI is InChI=1S/C19H22N2O4S2/c1-23-15-9-13(10-16(24-2)17(15)25-3)18(22)21-19(26)20-11-12-5-7-14(27-4)8-6-12/h5-10H,11H2,1-4H3,(H2,20,21,22,26). The van der Waals surface area contributed by atoms with E-state index in [4.69, 9.17) is 26.4 Å². The number of hydrogen-bond acceptors (Lipinski definition) is 6. The number of thioether (sulfide) groups is 1. The Balaban J connectivity index is 2.02. The molecule has 0 saturated heterocycles.